The van der Waals surface area contributed by atoms with Gasteiger partial charge in [-0.1, -0.05) is 0 Å². The van der Waals surface area contributed by atoms with Gasteiger partial charge in [0, 0.05) is 24.5 Å². The van der Waals surface area contributed by atoms with E-state index < -0.39 is 0 Å². The van der Waals surface area contributed by atoms with Crippen LogP contribution in [0.1, 0.15) is 18.7 Å². The molecule has 7 nitrogen and oxygen atoms in total. The van der Waals surface area contributed by atoms with Crippen molar-refractivity contribution in [2.75, 3.05) is 23.3 Å². The van der Waals surface area contributed by atoms with Crippen LogP contribution in [-0.4, -0.2) is 33.8 Å². The van der Waals surface area contributed by atoms with Crippen molar-refractivity contribution in [2.24, 2.45) is 0 Å². The summed E-state index contributed by atoms with van der Waals surface area (Å²) >= 11 is 0. The minimum absolute atomic E-state index is 0.0303. The summed E-state index contributed by atoms with van der Waals surface area (Å²) in [4.78, 5) is 18.0. The molecule has 1 aliphatic heterocycles. The van der Waals surface area contributed by atoms with Crippen LogP contribution in [0.5, 0.6) is 0 Å². The van der Waals surface area contributed by atoms with Crippen LogP contribution in [0.3, 0.4) is 0 Å². The molecule has 1 fully saturated rings. The molecule has 112 valence electrons. The smallest absolute Gasteiger partial charge is 0.252 e. The topological polar surface area (TPSA) is 86.8 Å². The number of anilines is 2. The summed E-state index contributed by atoms with van der Waals surface area (Å²) in [6, 6.07) is 9.65. The Labute approximate surface area is 128 Å². The number of carbonyl (C=O) groups is 1. The lowest BCUT2D eigenvalue weighted by atomic mass is 10.2. The average molecular weight is 296 g/mol. The minimum Gasteiger partial charge on any atom is -0.372 e. The lowest BCUT2D eigenvalue weighted by Gasteiger charge is -2.17. The molecule has 0 aliphatic carbocycles. The van der Waals surface area contributed by atoms with Crippen molar-refractivity contribution in [3.63, 3.8) is 0 Å². The van der Waals surface area contributed by atoms with Crippen molar-refractivity contribution in [1.82, 2.24) is 14.8 Å². The highest BCUT2D eigenvalue weighted by Crippen LogP contribution is 2.21. The number of amides is 1. The SMILES string of the molecule is N#Cc1ncn(CC(=O)Nc2ccc(N3CCCC3)cc2)n1. The molecule has 0 atom stereocenters. The lowest BCUT2D eigenvalue weighted by Crippen LogP contribution is -2.20. The van der Waals surface area contributed by atoms with Gasteiger partial charge in [-0.05, 0) is 37.1 Å². The molecule has 1 saturated heterocycles. The monoisotopic (exact) mass is 296 g/mol. The Morgan fingerprint density at radius 2 is 2.00 bits per heavy atom. The second-order valence-corrected chi connectivity index (χ2v) is 5.17. The number of rotatable bonds is 4. The van der Waals surface area contributed by atoms with Gasteiger partial charge in [0.15, 0.2) is 0 Å². The van der Waals surface area contributed by atoms with Crippen molar-refractivity contribution in [2.45, 2.75) is 19.4 Å². The van der Waals surface area contributed by atoms with Crippen molar-refractivity contribution in [3.8, 4) is 6.07 Å². The Morgan fingerprint density at radius 3 is 2.64 bits per heavy atom. The van der Waals surface area contributed by atoms with Crippen LogP contribution in [0.15, 0.2) is 30.6 Å². The molecule has 0 spiro atoms. The van der Waals surface area contributed by atoms with E-state index in [1.165, 1.54) is 29.5 Å². The van der Waals surface area contributed by atoms with E-state index in [-0.39, 0.29) is 18.3 Å². The first-order valence-corrected chi connectivity index (χ1v) is 7.19. The number of hydrogen-bond acceptors (Lipinski definition) is 5. The average Bonchev–Trinajstić information content (AvgIpc) is 3.19. The Balaban J connectivity index is 1.58. The van der Waals surface area contributed by atoms with Gasteiger partial charge in [-0.25, -0.2) is 9.67 Å². The number of nitrogens with zero attached hydrogens (tertiary/aromatic N) is 5. The fourth-order valence-corrected chi connectivity index (χ4v) is 2.50. The molecule has 1 aromatic heterocycles. The molecule has 0 radical (unpaired) electrons. The zero-order valence-electron chi connectivity index (χ0n) is 12.1. The lowest BCUT2D eigenvalue weighted by molar-refractivity contribution is -0.116. The van der Waals surface area contributed by atoms with Gasteiger partial charge in [0.1, 0.15) is 18.9 Å². The standard InChI is InChI=1S/C15H16N6O/c16-9-14-17-11-21(19-14)10-15(22)18-12-3-5-13(6-4-12)20-7-1-2-8-20/h3-6,11H,1-2,7-8,10H2,(H,18,22). The zero-order valence-corrected chi connectivity index (χ0v) is 12.1. The molecule has 3 rings (SSSR count). The second kappa shape index (κ2) is 6.26. The molecule has 2 heterocycles. The van der Waals surface area contributed by atoms with E-state index in [0.717, 1.165) is 18.8 Å². The molecule has 1 amide bonds. The summed E-state index contributed by atoms with van der Waals surface area (Å²) in [6.45, 7) is 2.22. The van der Waals surface area contributed by atoms with Gasteiger partial charge in [0.2, 0.25) is 5.91 Å². The zero-order chi connectivity index (χ0) is 15.4. The van der Waals surface area contributed by atoms with Gasteiger partial charge >= 0.3 is 0 Å². The third-order valence-corrected chi connectivity index (χ3v) is 3.56. The van der Waals surface area contributed by atoms with Crippen LogP contribution in [0, 0.1) is 11.3 Å². The first-order valence-electron chi connectivity index (χ1n) is 7.19. The highest BCUT2D eigenvalue weighted by atomic mass is 16.2. The van der Waals surface area contributed by atoms with E-state index in [4.69, 9.17) is 5.26 Å². The van der Waals surface area contributed by atoms with Gasteiger partial charge in [-0.3, -0.25) is 4.79 Å². The number of nitrogens with one attached hydrogen (secondary N) is 1. The largest absolute Gasteiger partial charge is 0.372 e. The summed E-state index contributed by atoms with van der Waals surface area (Å²) in [5.41, 5.74) is 1.93. The summed E-state index contributed by atoms with van der Waals surface area (Å²) in [5, 5.41) is 15.3. The van der Waals surface area contributed by atoms with E-state index in [1.54, 1.807) is 0 Å². The first-order chi connectivity index (χ1) is 10.7. The first kappa shape index (κ1) is 14.1. The Morgan fingerprint density at radius 1 is 1.27 bits per heavy atom. The van der Waals surface area contributed by atoms with Gasteiger partial charge in [-0.15, -0.1) is 5.10 Å². The Hall–Kier alpha value is -2.88. The highest BCUT2D eigenvalue weighted by molar-refractivity contribution is 5.90. The van der Waals surface area contributed by atoms with Crippen LogP contribution in [0.4, 0.5) is 11.4 Å². The molecular formula is C15H16N6O. The fourth-order valence-electron chi connectivity index (χ4n) is 2.50. The van der Waals surface area contributed by atoms with Gasteiger partial charge < -0.3 is 10.2 Å². The fraction of sp³-hybridized carbons (Fsp3) is 0.333. The third-order valence-electron chi connectivity index (χ3n) is 3.56. The predicted octanol–water partition coefficient (Wildman–Crippen LogP) is 1.39. The van der Waals surface area contributed by atoms with Crippen LogP contribution in [0.2, 0.25) is 0 Å². The molecule has 0 bridgehead atoms. The summed E-state index contributed by atoms with van der Waals surface area (Å²) in [6.07, 6.45) is 3.84. The van der Waals surface area contributed by atoms with E-state index in [9.17, 15) is 4.79 Å². The number of nitriles is 1. The summed E-state index contributed by atoms with van der Waals surface area (Å²) < 4.78 is 1.34. The predicted molar refractivity (Wildman–Crippen MR) is 81.3 cm³/mol. The quantitative estimate of drug-likeness (QED) is 0.921. The molecule has 2 aromatic rings. The van der Waals surface area contributed by atoms with Gasteiger partial charge in [0.05, 0.1) is 0 Å². The van der Waals surface area contributed by atoms with E-state index in [2.05, 4.69) is 20.3 Å². The maximum absolute atomic E-state index is 11.9. The third kappa shape index (κ3) is 3.23. The molecular weight excluding hydrogens is 280 g/mol. The van der Waals surface area contributed by atoms with Gasteiger partial charge in [-0.2, -0.15) is 5.26 Å². The molecule has 1 aromatic carbocycles. The van der Waals surface area contributed by atoms with Crippen molar-refractivity contribution >= 4 is 17.3 Å². The minimum atomic E-state index is -0.205. The summed E-state index contributed by atoms with van der Waals surface area (Å²) in [7, 11) is 0. The van der Waals surface area contributed by atoms with E-state index in [1.807, 2.05) is 30.3 Å². The molecule has 7 heteroatoms. The van der Waals surface area contributed by atoms with Crippen LogP contribution < -0.4 is 10.2 Å². The number of carbonyl (C=O) groups excluding carboxylic acids is 1. The summed E-state index contributed by atoms with van der Waals surface area (Å²) in [5.74, 6) is -0.147. The number of aromatic nitrogens is 3. The number of benzene rings is 1. The molecule has 0 unspecified atom stereocenters. The van der Waals surface area contributed by atoms with E-state index >= 15 is 0 Å². The molecule has 1 aliphatic rings. The van der Waals surface area contributed by atoms with Crippen LogP contribution >= 0.6 is 0 Å². The van der Waals surface area contributed by atoms with Crippen molar-refractivity contribution in [3.05, 3.63) is 36.4 Å². The van der Waals surface area contributed by atoms with Crippen molar-refractivity contribution < 1.29 is 4.79 Å². The van der Waals surface area contributed by atoms with Crippen LogP contribution in [0.25, 0.3) is 0 Å². The molecule has 0 saturated carbocycles. The van der Waals surface area contributed by atoms with E-state index in [0.29, 0.717) is 0 Å². The second-order valence-electron chi connectivity index (χ2n) is 5.17. The maximum atomic E-state index is 11.9. The normalized spacial score (nSPS) is 13.9. The Bertz CT molecular complexity index is 694. The van der Waals surface area contributed by atoms with Gasteiger partial charge in [0.25, 0.3) is 5.82 Å². The molecule has 1 N–H and O–H groups in total. The molecule has 22 heavy (non-hydrogen) atoms. The van der Waals surface area contributed by atoms with Crippen LogP contribution in [-0.2, 0) is 11.3 Å². The highest BCUT2D eigenvalue weighted by Gasteiger charge is 2.12. The van der Waals surface area contributed by atoms with Crippen molar-refractivity contribution in [1.29, 1.82) is 5.26 Å². The maximum Gasteiger partial charge on any atom is 0.252 e. The number of hydrogen-bond donors (Lipinski definition) is 1. The Kier molecular flexibility index (Phi) is 4.01.